The van der Waals surface area contributed by atoms with Crippen molar-refractivity contribution in [1.29, 1.82) is 0 Å². The van der Waals surface area contributed by atoms with Crippen LogP contribution >= 0.6 is 0 Å². The summed E-state index contributed by atoms with van der Waals surface area (Å²) in [5.41, 5.74) is 1.19. The molecule has 20 heavy (non-hydrogen) atoms. The molecule has 1 saturated heterocycles. The Morgan fingerprint density at radius 1 is 1.45 bits per heavy atom. The number of piperidine rings is 1. The molecule has 1 atom stereocenters. The predicted molar refractivity (Wildman–Crippen MR) is 82.3 cm³/mol. The highest BCUT2D eigenvalue weighted by Gasteiger charge is 2.24. The van der Waals surface area contributed by atoms with Gasteiger partial charge < -0.3 is 15.3 Å². The van der Waals surface area contributed by atoms with Crippen molar-refractivity contribution in [3.05, 3.63) is 11.9 Å². The van der Waals surface area contributed by atoms with Gasteiger partial charge in [-0.2, -0.15) is 0 Å². The highest BCUT2D eigenvalue weighted by molar-refractivity contribution is 5.60. The molecule has 1 fully saturated rings. The summed E-state index contributed by atoms with van der Waals surface area (Å²) in [5, 5.41) is 12.3. The first-order chi connectivity index (χ1) is 9.67. The molecule has 0 aromatic carbocycles. The van der Waals surface area contributed by atoms with Crippen molar-refractivity contribution < 1.29 is 5.11 Å². The van der Waals surface area contributed by atoms with Gasteiger partial charge in [0.2, 0.25) is 0 Å². The maximum Gasteiger partial charge on any atom is 0.137 e. The van der Waals surface area contributed by atoms with Crippen LogP contribution in [0.3, 0.4) is 0 Å². The van der Waals surface area contributed by atoms with Gasteiger partial charge in [-0.15, -0.1) is 0 Å². The van der Waals surface area contributed by atoms with Gasteiger partial charge in [0.05, 0.1) is 0 Å². The van der Waals surface area contributed by atoms with Crippen molar-refractivity contribution in [1.82, 2.24) is 9.97 Å². The smallest absolute Gasteiger partial charge is 0.137 e. The molecule has 0 spiro atoms. The van der Waals surface area contributed by atoms with E-state index in [0.717, 1.165) is 31.1 Å². The molecule has 0 bridgehead atoms. The second-order valence-corrected chi connectivity index (χ2v) is 5.83. The molecule has 0 amide bonds. The van der Waals surface area contributed by atoms with E-state index in [0.29, 0.717) is 11.8 Å². The summed E-state index contributed by atoms with van der Waals surface area (Å²) in [5.74, 6) is 2.94. The quantitative estimate of drug-likeness (QED) is 0.865. The van der Waals surface area contributed by atoms with Crippen LogP contribution in [0.2, 0.25) is 0 Å². The van der Waals surface area contributed by atoms with Gasteiger partial charge in [-0.1, -0.05) is 13.8 Å². The second kappa shape index (κ2) is 6.88. The average Bonchev–Trinajstić information content (AvgIpc) is 2.47. The van der Waals surface area contributed by atoms with Crippen molar-refractivity contribution in [2.75, 3.05) is 37.0 Å². The molecule has 2 rings (SSSR count). The number of nitrogens with one attached hydrogen (secondary N) is 1. The number of nitrogens with zero attached hydrogens (tertiary/aromatic N) is 3. The van der Waals surface area contributed by atoms with E-state index < -0.39 is 0 Å². The van der Waals surface area contributed by atoms with Gasteiger partial charge in [-0.05, 0) is 31.1 Å². The van der Waals surface area contributed by atoms with Crippen LogP contribution in [0, 0.1) is 5.92 Å². The Balaban J connectivity index is 2.27. The van der Waals surface area contributed by atoms with Gasteiger partial charge in [0.15, 0.2) is 0 Å². The second-order valence-electron chi connectivity index (χ2n) is 5.83. The van der Waals surface area contributed by atoms with Crippen LogP contribution in [0.25, 0.3) is 0 Å². The van der Waals surface area contributed by atoms with E-state index in [1.807, 2.05) is 7.05 Å². The van der Waals surface area contributed by atoms with E-state index in [4.69, 9.17) is 5.11 Å². The Hall–Kier alpha value is -1.36. The van der Waals surface area contributed by atoms with Crippen molar-refractivity contribution in [2.24, 2.45) is 5.92 Å². The molecule has 0 radical (unpaired) electrons. The van der Waals surface area contributed by atoms with Crippen molar-refractivity contribution in [2.45, 2.75) is 39.0 Å². The Morgan fingerprint density at radius 3 is 2.90 bits per heavy atom. The summed E-state index contributed by atoms with van der Waals surface area (Å²) >= 11 is 0. The SMILES string of the molecule is CNc1ncnc(N2CCCC(CCO)C2)c1C(C)C. The van der Waals surface area contributed by atoms with Crippen LogP contribution in [0.15, 0.2) is 6.33 Å². The van der Waals surface area contributed by atoms with Crippen LogP contribution in [0.1, 0.15) is 44.6 Å². The highest BCUT2D eigenvalue weighted by Crippen LogP contribution is 2.33. The monoisotopic (exact) mass is 278 g/mol. The Morgan fingerprint density at radius 2 is 2.25 bits per heavy atom. The van der Waals surface area contributed by atoms with E-state index in [2.05, 4.69) is 34.0 Å². The standard InChI is InChI=1S/C15H26N4O/c1-11(2)13-14(16-3)17-10-18-15(13)19-7-4-5-12(9-19)6-8-20/h10-12,20H,4-9H2,1-3H3,(H,16,17,18). The van der Waals surface area contributed by atoms with Gasteiger partial charge in [0.1, 0.15) is 18.0 Å². The van der Waals surface area contributed by atoms with Gasteiger partial charge >= 0.3 is 0 Å². The molecule has 112 valence electrons. The lowest BCUT2D eigenvalue weighted by Crippen LogP contribution is -2.37. The average molecular weight is 278 g/mol. The molecule has 2 N–H and O–H groups in total. The third-order valence-electron chi connectivity index (χ3n) is 4.03. The van der Waals surface area contributed by atoms with E-state index in [1.54, 1.807) is 6.33 Å². The number of aliphatic hydroxyl groups is 1. The summed E-state index contributed by atoms with van der Waals surface area (Å²) in [6.07, 6.45) is 4.90. The fourth-order valence-electron chi connectivity index (χ4n) is 3.04. The number of rotatable bonds is 5. The molecule has 1 aromatic heterocycles. The van der Waals surface area contributed by atoms with Crippen LogP contribution < -0.4 is 10.2 Å². The third kappa shape index (κ3) is 3.20. The lowest BCUT2D eigenvalue weighted by molar-refractivity contribution is 0.244. The highest BCUT2D eigenvalue weighted by atomic mass is 16.3. The Kier molecular flexibility index (Phi) is 5.17. The van der Waals surface area contributed by atoms with Gasteiger partial charge in [0, 0.05) is 32.3 Å². The molecular weight excluding hydrogens is 252 g/mol. The largest absolute Gasteiger partial charge is 0.396 e. The third-order valence-corrected chi connectivity index (χ3v) is 4.03. The van der Waals surface area contributed by atoms with Crippen molar-refractivity contribution in [3.8, 4) is 0 Å². The number of aliphatic hydroxyl groups excluding tert-OH is 1. The van der Waals surface area contributed by atoms with Crippen molar-refractivity contribution >= 4 is 11.6 Å². The number of hydrogen-bond acceptors (Lipinski definition) is 5. The topological polar surface area (TPSA) is 61.3 Å². The van der Waals surface area contributed by atoms with Gasteiger partial charge in [0.25, 0.3) is 0 Å². The zero-order valence-electron chi connectivity index (χ0n) is 12.8. The van der Waals surface area contributed by atoms with E-state index in [1.165, 1.54) is 18.4 Å². The van der Waals surface area contributed by atoms with Crippen molar-refractivity contribution in [3.63, 3.8) is 0 Å². The fourth-order valence-corrected chi connectivity index (χ4v) is 3.04. The van der Waals surface area contributed by atoms with E-state index in [-0.39, 0.29) is 6.61 Å². The molecule has 0 aliphatic carbocycles. The minimum Gasteiger partial charge on any atom is -0.396 e. The molecule has 1 unspecified atom stereocenters. The maximum atomic E-state index is 9.15. The molecule has 0 saturated carbocycles. The molecular formula is C15H26N4O. The minimum atomic E-state index is 0.279. The summed E-state index contributed by atoms with van der Waals surface area (Å²) in [6, 6.07) is 0. The van der Waals surface area contributed by atoms with E-state index in [9.17, 15) is 0 Å². The normalized spacial score (nSPS) is 19.4. The molecule has 5 heteroatoms. The Bertz CT molecular complexity index is 434. The number of anilines is 2. The predicted octanol–water partition coefficient (Wildman–Crippen LogP) is 2.24. The first-order valence-electron chi connectivity index (χ1n) is 7.55. The molecule has 1 aromatic rings. The van der Waals surface area contributed by atoms with Crippen LogP contribution in [-0.2, 0) is 0 Å². The maximum absolute atomic E-state index is 9.15. The summed E-state index contributed by atoms with van der Waals surface area (Å²) in [4.78, 5) is 11.2. The van der Waals surface area contributed by atoms with Crippen LogP contribution in [-0.4, -0.2) is 41.8 Å². The molecule has 5 nitrogen and oxygen atoms in total. The molecule has 2 heterocycles. The summed E-state index contributed by atoms with van der Waals surface area (Å²) in [7, 11) is 1.91. The Labute approximate surface area is 121 Å². The summed E-state index contributed by atoms with van der Waals surface area (Å²) < 4.78 is 0. The molecule has 1 aliphatic rings. The number of aromatic nitrogens is 2. The number of hydrogen-bond donors (Lipinski definition) is 2. The first-order valence-corrected chi connectivity index (χ1v) is 7.55. The van der Waals surface area contributed by atoms with Gasteiger partial charge in [-0.25, -0.2) is 9.97 Å². The van der Waals surface area contributed by atoms with Gasteiger partial charge in [-0.3, -0.25) is 0 Å². The molecule has 1 aliphatic heterocycles. The minimum absolute atomic E-state index is 0.279. The lowest BCUT2D eigenvalue weighted by atomic mass is 9.94. The summed E-state index contributed by atoms with van der Waals surface area (Å²) in [6.45, 7) is 6.67. The lowest BCUT2D eigenvalue weighted by Gasteiger charge is -2.35. The van der Waals surface area contributed by atoms with E-state index >= 15 is 0 Å². The zero-order chi connectivity index (χ0) is 14.5. The zero-order valence-corrected chi connectivity index (χ0v) is 12.8. The fraction of sp³-hybridized carbons (Fsp3) is 0.733. The first kappa shape index (κ1) is 15.0. The van der Waals surface area contributed by atoms with Crippen LogP contribution in [0.4, 0.5) is 11.6 Å². The van der Waals surface area contributed by atoms with Crippen LogP contribution in [0.5, 0.6) is 0 Å².